The Kier molecular flexibility index (Phi) is 8.88. The van der Waals surface area contributed by atoms with E-state index in [1.165, 1.54) is 11.3 Å². The van der Waals surface area contributed by atoms with Crippen molar-refractivity contribution in [2.75, 3.05) is 46.5 Å². The topological polar surface area (TPSA) is 66.8 Å². The van der Waals surface area contributed by atoms with Gasteiger partial charge in [0, 0.05) is 16.5 Å². The Morgan fingerprint density at radius 2 is 1.76 bits per heavy atom. The van der Waals surface area contributed by atoms with Gasteiger partial charge in [-0.1, -0.05) is 23.7 Å². The predicted octanol–water partition coefficient (Wildman–Crippen LogP) is 0.272. The third kappa shape index (κ3) is 5.48. The summed E-state index contributed by atoms with van der Waals surface area (Å²) in [5.41, 5.74) is -0.0741. The van der Waals surface area contributed by atoms with Crippen molar-refractivity contribution in [2.24, 2.45) is 0 Å². The van der Waals surface area contributed by atoms with Crippen molar-refractivity contribution in [2.45, 2.75) is 6.42 Å². The number of ether oxygens (including phenoxy) is 1. The van der Waals surface area contributed by atoms with Gasteiger partial charge in [-0.15, -0.1) is 11.3 Å². The fourth-order valence-electron chi connectivity index (χ4n) is 3.40. The standard InChI is InChI=1S/C21H25ClNO4S.BrH/c1-23(10-12-24,11-13-25)9-4-14-27-17-8-7-16(22)19-20(26)15-5-2-3-6-18(15)28-21(17)19;/h2-3,5-8,24-25H,4,9-14H2,1H3;1H/q+1;/p-1. The molecule has 0 aliphatic heterocycles. The third-order valence-corrected chi connectivity index (χ3v) is 6.52. The van der Waals surface area contributed by atoms with E-state index < -0.39 is 0 Å². The molecule has 8 heteroatoms. The first kappa shape index (κ1) is 24.1. The second-order valence-electron chi connectivity index (χ2n) is 7.12. The Morgan fingerprint density at radius 1 is 1.07 bits per heavy atom. The average Bonchev–Trinajstić information content (AvgIpc) is 2.67. The summed E-state index contributed by atoms with van der Waals surface area (Å²) in [5, 5.41) is 20.1. The third-order valence-electron chi connectivity index (χ3n) is 5.02. The Labute approximate surface area is 189 Å². The molecule has 0 bridgehead atoms. The summed E-state index contributed by atoms with van der Waals surface area (Å²) in [4.78, 5) is 12.9. The molecule has 0 unspecified atom stereocenters. The SMILES string of the molecule is C[N+](CCO)(CCO)CCCOc1ccc(Cl)c2c(=O)c3ccccc3sc12.[Br-]. The van der Waals surface area contributed by atoms with Crippen LogP contribution in [0.25, 0.3) is 20.2 Å². The number of aliphatic hydroxyl groups excluding tert-OH is 2. The molecule has 0 amide bonds. The van der Waals surface area contributed by atoms with Crippen LogP contribution in [0.1, 0.15) is 6.42 Å². The van der Waals surface area contributed by atoms with Gasteiger partial charge in [-0.05, 0) is 24.3 Å². The molecule has 0 aliphatic carbocycles. The van der Waals surface area contributed by atoms with Crippen molar-refractivity contribution in [3.63, 3.8) is 0 Å². The second-order valence-corrected chi connectivity index (χ2v) is 8.58. The molecule has 0 fully saturated rings. The van der Waals surface area contributed by atoms with Crippen LogP contribution in [0.15, 0.2) is 41.2 Å². The Hall–Kier alpha value is -1.22. The number of rotatable bonds is 9. The van der Waals surface area contributed by atoms with Crippen molar-refractivity contribution in [3.05, 3.63) is 51.6 Å². The smallest absolute Gasteiger partial charge is 0.197 e. The quantitative estimate of drug-likeness (QED) is 0.250. The molecule has 0 radical (unpaired) electrons. The lowest BCUT2D eigenvalue weighted by Crippen LogP contribution is -3.00. The van der Waals surface area contributed by atoms with Gasteiger partial charge < -0.3 is 36.4 Å². The molecule has 1 heterocycles. The van der Waals surface area contributed by atoms with Crippen molar-refractivity contribution < 1.29 is 36.4 Å². The lowest BCUT2D eigenvalue weighted by Gasteiger charge is -2.33. The summed E-state index contributed by atoms with van der Waals surface area (Å²) in [6.07, 6.45) is 0.767. The molecular formula is C21H25BrClNO4S. The van der Waals surface area contributed by atoms with Crippen LogP contribution in [0.4, 0.5) is 0 Å². The number of hydrogen-bond donors (Lipinski definition) is 2. The highest BCUT2D eigenvalue weighted by atomic mass is 79.9. The molecule has 2 aromatic carbocycles. The van der Waals surface area contributed by atoms with Gasteiger partial charge in [0.05, 0.1) is 48.5 Å². The number of hydrogen-bond acceptors (Lipinski definition) is 5. The van der Waals surface area contributed by atoms with Crippen LogP contribution < -0.4 is 27.1 Å². The number of benzene rings is 2. The molecule has 158 valence electrons. The summed E-state index contributed by atoms with van der Waals surface area (Å²) in [5.74, 6) is 0.658. The fraction of sp³-hybridized carbons (Fsp3) is 0.381. The zero-order valence-corrected chi connectivity index (χ0v) is 19.4. The van der Waals surface area contributed by atoms with Gasteiger partial charge in [0.1, 0.15) is 18.8 Å². The normalized spacial score (nSPS) is 11.6. The summed E-state index contributed by atoms with van der Waals surface area (Å²) < 4.78 is 8.27. The molecule has 3 aromatic rings. The molecule has 2 N–H and O–H groups in total. The van der Waals surface area contributed by atoms with Crippen molar-refractivity contribution >= 4 is 43.1 Å². The Bertz CT molecular complexity index is 1020. The zero-order chi connectivity index (χ0) is 20.1. The maximum Gasteiger partial charge on any atom is 0.197 e. The fourth-order valence-corrected chi connectivity index (χ4v) is 4.87. The van der Waals surface area contributed by atoms with Crippen LogP contribution in [0.3, 0.4) is 0 Å². The zero-order valence-electron chi connectivity index (χ0n) is 16.2. The van der Waals surface area contributed by atoms with Gasteiger partial charge in [0.2, 0.25) is 0 Å². The molecule has 0 saturated heterocycles. The number of fused-ring (bicyclic) bond motifs is 2. The van der Waals surface area contributed by atoms with Crippen LogP contribution in [-0.2, 0) is 0 Å². The highest BCUT2D eigenvalue weighted by molar-refractivity contribution is 7.25. The van der Waals surface area contributed by atoms with E-state index in [-0.39, 0.29) is 35.6 Å². The Morgan fingerprint density at radius 3 is 2.45 bits per heavy atom. The summed E-state index contributed by atoms with van der Waals surface area (Å²) in [6.45, 7) is 2.62. The van der Waals surface area contributed by atoms with Crippen LogP contribution in [-0.4, -0.2) is 61.2 Å². The molecular weight excluding hydrogens is 478 g/mol. The van der Waals surface area contributed by atoms with E-state index in [9.17, 15) is 15.0 Å². The molecule has 0 saturated carbocycles. The molecule has 1 aromatic heterocycles. The van der Waals surface area contributed by atoms with Crippen LogP contribution in [0.5, 0.6) is 5.75 Å². The molecule has 0 atom stereocenters. The monoisotopic (exact) mass is 501 g/mol. The first-order valence-electron chi connectivity index (χ1n) is 9.31. The Balaban J connectivity index is 0.00000300. The highest BCUT2D eigenvalue weighted by Crippen LogP contribution is 2.35. The largest absolute Gasteiger partial charge is 1.00 e. The first-order valence-corrected chi connectivity index (χ1v) is 10.5. The van der Waals surface area contributed by atoms with E-state index in [1.54, 1.807) is 6.07 Å². The van der Waals surface area contributed by atoms with Gasteiger partial charge >= 0.3 is 0 Å². The molecule has 3 rings (SSSR count). The lowest BCUT2D eigenvalue weighted by molar-refractivity contribution is -0.910. The predicted molar refractivity (Wildman–Crippen MR) is 116 cm³/mol. The van der Waals surface area contributed by atoms with Crippen molar-refractivity contribution in [3.8, 4) is 5.75 Å². The molecule has 5 nitrogen and oxygen atoms in total. The van der Waals surface area contributed by atoms with Crippen molar-refractivity contribution in [1.82, 2.24) is 0 Å². The summed E-state index contributed by atoms with van der Waals surface area (Å²) in [7, 11) is 2.02. The van der Waals surface area contributed by atoms with E-state index in [1.807, 2.05) is 37.4 Å². The first-order chi connectivity index (χ1) is 13.5. The van der Waals surface area contributed by atoms with Crippen molar-refractivity contribution in [1.29, 1.82) is 0 Å². The molecule has 0 spiro atoms. The maximum absolute atomic E-state index is 12.9. The maximum atomic E-state index is 12.9. The van der Waals surface area contributed by atoms with Crippen LogP contribution in [0.2, 0.25) is 5.02 Å². The number of quaternary nitrogens is 1. The van der Waals surface area contributed by atoms with E-state index in [2.05, 4.69) is 0 Å². The molecule has 0 aliphatic rings. The van der Waals surface area contributed by atoms with Crippen LogP contribution in [0, 0.1) is 0 Å². The number of aliphatic hydroxyl groups is 2. The van der Waals surface area contributed by atoms with Gasteiger partial charge in [-0.25, -0.2) is 0 Å². The number of nitrogens with zero attached hydrogens (tertiary/aromatic N) is 1. The van der Waals surface area contributed by atoms with Gasteiger partial charge in [0.15, 0.2) is 5.43 Å². The number of likely N-dealkylation sites (N-methyl/N-ethyl adjacent to an activating group) is 1. The second kappa shape index (κ2) is 10.7. The number of halogens is 2. The van der Waals surface area contributed by atoms with E-state index >= 15 is 0 Å². The minimum atomic E-state index is -0.0741. The van der Waals surface area contributed by atoms with Gasteiger partial charge in [-0.2, -0.15) is 0 Å². The van der Waals surface area contributed by atoms with E-state index in [4.69, 9.17) is 16.3 Å². The average molecular weight is 503 g/mol. The minimum absolute atomic E-state index is 0. The minimum Gasteiger partial charge on any atom is -1.00 e. The van der Waals surface area contributed by atoms with Crippen LogP contribution >= 0.6 is 22.9 Å². The van der Waals surface area contributed by atoms with Gasteiger partial charge in [0.25, 0.3) is 0 Å². The summed E-state index contributed by atoms with van der Waals surface area (Å²) in [6, 6.07) is 11.0. The molecule has 29 heavy (non-hydrogen) atoms. The van der Waals surface area contributed by atoms with Gasteiger partial charge in [-0.3, -0.25) is 4.79 Å². The van der Waals surface area contributed by atoms with E-state index in [0.29, 0.717) is 45.7 Å². The summed E-state index contributed by atoms with van der Waals surface area (Å²) >= 11 is 7.83. The van der Waals surface area contributed by atoms with E-state index in [0.717, 1.165) is 22.4 Å². The lowest BCUT2D eigenvalue weighted by atomic mass is 10.2. The highest BCUT2D eigenvalue weighted by Gasteiger charge is 2.20.